The topological polar surface area (TPSA) is 91.8 Å². The molecule has 0 atom stereocenters. The predicted molar refractivity (Wildman–Crippen MR) is 153 cm³/mol. The van der Waals surface area contributed by atoms with Crippen LogP contribution in [0.5, 0.6) is 11.5 Å². The van der Waals surface area contributed by atoms with Crippen LogP contribution in [0.15, 0.2) is 79.0 Å². The van der Waals surface area contributed by atoms with Gasteiger partial charge >= 0.3 is 0 Å². The molecule has 1 heterocycles. The smallest absolute Gasteiger partial charge is 0.229 e. The molecule has 0 saturated carbocycles. The van der Waals surface area contributed by atoms with Crippen LogP contribution in [0.2, 0.25) is 0 Å². The van der Waals surface area contributed by atoms with E-state index in [1.165, 1.54) is 0 Å². The summed E-state index contributed by atoms with van der Waals surface area (Å²) in [6, 6.07) is 23.1. The standard InChI is InChI=1S/C30H35N5O3/c1-4-35(5-2)18-19-38-25-16-14-24(15-17-25)32-30-31-20-26(23-12-10-22(21-36)11-13-23)29(34-30)33-27-8-6-7-9-28(27)37-3/h6-17,20,36H,4-5,18-19,21H2,1-3H3,(H2,31,32,33,34). The molecular formula is C30H35N5O3. The Bertz CT molecular complexity index is 1290. The van der Waals surface area contributed by atoms with E-state index in [9.17, 15) is 5.11 Å². The minimum Gasteiger partial charge on any atom is -0.495 e. The Morgan fingerprint density at radius 3 is 2.32 bits per heavy atom. The lowest BCUT2D eigenvalue weighted by Crippen LogP contribution is -2.27. The molecule has 0 aliphatic rings. The molecule has 4 aromatic rings. The number of hydrogen-bond acceptors (Lipinski definition) is 8. The molecule has 38 heavy (non-hydrogen) atoms. The van der Waals surface area contributed by atoms with Gasteiger partial charge in [-0.2, -0.15) is 4.98 Å². The molecule has 0 fully saturated rings. The highest BCUT2D eigenvalue weighted by molar-refractivity contribution is 5.80. The third kappa shape index (κ3) is 7.00. The first-order valence-corrected chi connectivity index (χ1v) is 12.8. The monoisotopic (exact) mass is 513 g/mol. The first-order chi connectivity index (χ1) is 18.6. The van der Waals surface area contributed by atoms with E-state index in [0.717, 1.165) is 53.4 Å². The van der Waals surface area contributed by atoms with E-state index in [-0.39, 0.29) is 6.61 Å². The molecule has 198 valence electrons. The van der Waals surface area contributed by atoms with Crippen molar-refractivity contribution in [3.05, 3.63) is 84.6 Å². The summed E-state index contributed by atoms with van der Waals surface area (Å²) in [6.45, 7) is 7.89. The normalized spacial score (nSPS) is 10.9. The van der Waals surface area contributed by atoms with Crippen molar-refractivity contribution >= 4 is 23.1 Å². The average Bonchev–Trinajstić information content (AvgIpc) is 2.97. The Balaban J connectivity index is 1.54. The zero-order valence-corrected chi connectivity index (χ0v) is 22.1. The first kappa shape index (κ1) is 26.9. The maximum atomic E-state index is 9.42. The Morgan fingerprint density at radius 1 is 0.895 bits per heavy atom. The van der Waals surface area contributed by atoms with E-state index in [1.54, 1.807) is 13.3 Å². The fourth-order valence-corrected chi connectivity index (χ4v) is 4.01. The van der Waals surface area contributed by atoms with E-state index in [2.05, 4.69) is 34.4 Å². The van der Waals surface area contributed by atoms with Gasteiger partial charge in [-0.1, -0.05) is 50.2 Å². The number of aromatic nitrogens is 2. The molecule has 0 bridgehead atoms. The molecule has 0 radical (unpaired) electrons. The van der Waals surface area contributed by atoms with Crippen LogP contribution in [0.3, 0.4) is 0 Å². The van der Waals surface area contributed by atoms with E-state index in [1.807, 2.05) is 72.8 Å². The zero-order chi connectivity index (χ0) is 26.7. The summed E-state index contributed by atoms with van der Waals surface area (Å²) in [5.41, 5.74) is 4.23. The molecule has 0 amide bonds. The molecule has 3 aromatic carbocycles. The SMILES string of the molecule is CCN(CC)CCOc1ccc(Nc2ncc(-c3ccc(CO)cc3)c(Nc3ccccc3OC)n2)cc1. The summed E-state index contributed by atoms with van der Waals surface area (Å²) in [7, 11) is 1.64. The summed E-state index contributed by atoms with van der Waals surface area (Å²) in [4.78, 5) is 11.7. The lowest BCUT2D eigenvalue weighted by Gasteiger charge is -2.18. The van der Waals surface area contributed by atoms with Gasteiger partial charge in [-0.15, -0.1) is 0 Å². The quantitative estimate of drug-likeness (QED) is 0.205. The van der Waals surface area contributed by atoms with Gasteiger partial charge in [-0.05, 0) is 60.6 Å². The Morgan fingerprint density at radius 2 is 1.63 bits per heavy atom. The largest absolute Gasteiger partial charge is 0.495 e. The van der Waals surface area contributed by atoms with Gasteiger partial charge in [0.1, 0.15) is 23.9 Å². The van der Waals surface area contributed by atoms with E-state index in [0.29, 0.717) is 24.1 Å². The van der Waals surface area contributed by atoms with Crippen LogP contribution < -0.4 is 20.1 Å². The van der Waals surface area contributed by atoms with Crippen LogP contribution in [0.1, 0.15) is 19.4 Å². The fraction of sp³-hybridized carbons (Fsp3) is 0.267. The number of nitrogens with one attached hydrogen (secondary N) is 2. The van der Waals surface area contributed by atoms with E-state index in [4.69, 9.17) is 14.5 Å². The maximum Gasteiger partial charge on any atom is 0.229 e. The van der Waals surface area contributed by atoms with Crippen LogP contribution >= 0.6 is 0 Å². The molecular weight excluding hydrogens is 478 g/mol. The molecule has 4 rings (SSSR count). The van der Waals surface area contributed by atoms with E-state index < -0.39 is 0 Å². The molecule has 3 N–H and O–H groups in total. The van der Waals surface area contributed by atoms with Gasteiger partial charge in [0.25, 0.3) is 0 Å². The number of anilines is 4. The van der Waals surface area contributed by atoms with Crippen molar-refractivity contribution in [1.29, 1.82) is 0 Å². The van der Waals surface area contributed by atoms with Crippen molar-refractivity contribution in [1.82, 2.24) is 14.9 Å². The molecule has 8 heteroatoms. The van der Waals surface area contributed by atoms with Crippen molar-refractivity contribution in [2.24, 2.45) is 0 Å². The number of hydrogen-bond donors (Lipinski definition) is 3. The Labute approximate surface area is 224 Å². The van der Waals surface area contributed by atoms with Crippen LogP contribution in [-0.4, -0.2) is 53.3 Å². The Kier molecular flexibility index (Phi) is 9.50. The van der Waals surface area contributed by atoms with Crippen molar-refractivity contribution in [2.75, 3.05) is 44.0 Å². The minimum atomic E-state index is -0.00822. The fourth-order valence-electron chi connectivity index (χ4n) is 4.01. The number of methoxy groups -OCH3 is 1. The number of rotatable bonds is 13. The Hall–Kier alpha value is -4.14. The highest BCUT2D eigenvalue weighted by Crippen LogP contribution is 2.33. The number of aliphatic hydroxyl groups excluding tert-OH is 1. The predicted octanol–water partition coefficient (Wildman–Crippen LogP) is 5.85. The third-order valence-electron chi connectivity index (χ3n) is 6.28. The highest BCUT2D eigenvalue weighted by Gasteiger charge is 2.13. The highest BCUT2D eigenvalue weighted by atomic mass is 16.5. The van der Waals surface area contributed by atoms with Crippen LogP contribution in [0.25, 0.3) is 11.1 Å². The van der Waals surface area contributed by atoms with Gasteiger partial charge in [0.05, 0.1) is 19.4 Å². The lowest BCUT2D eigenvalue weighted by molar-refractivity contribution is 0.223. The summed E-state index contributed by atoms with van der Waals surface area (Å²) in [6.07, 6.45) is 1.78. The molecule has 1 aromatic heterocycles. The average molecular weight is 514 g/mol. The molecule has 0 spiro atoms. The number of ether oxygens (including phenoxy) is 2. The molecule has 0 saturated heterocycles. The minimum absolute atomic E-state index is 0.00822. The molecule has 0 unspecified atom stereocenters. The van der Waals surface area contributed by atoms with Gasteiger partial charge in [0, 0.05) is 24.0 Å². The van der Waals surface area contributed by atoms with Crippen LogP contribution in [-0.2, 0) is 6.61 Å². The summed E-state index contributed by atoms with van der Waals surface area (Å²) in [5.74, 6) is 2.61. The van der Waals surface area contributed by atoms with Gasteiger partial charge in [0.15, 0.2) is 0 Å². The van der Waals surface area contributed by atoms with E-state index >= 15 is 0 Å². The second-order valence-corrected chi connectivity index (χ2v) is 8.66. The van der Waals surface area contributed by atoms with Crippen molar-refractivity contribution in [2.45, 2.75) is 20.5 Å². The zero-order valence-electron chi connectivity index (χ0n) is 22.1. The summed E-state index contributed by atoms with van der Waals surface area (Å²) in [5, 5.41) is 16.1. The van der Waals surface area contributed by atoms with Gasteiger partial charge in [-0.3, -0.25) is 0 Å². The van der Waals surface area contributed by atoms with Gasteiger partial charge in [-0.25, -0.2) is 4.98 Å². The van der Waals surface area contributed by atoms with Gasteiger partial charge < -0.3 is 30.1 Å². The van der Waals surface area contributed by atoms with Crippen LogP contribution in [0.4, 0.5) is 23.1 Å². The molecule has 0 aliphatic heterocycles. The molecule has 8 nitrogen and oxygen atoms in total. The van der Waals surface area contributed by atoms with Crippen molar-refractivity contribution in [3.8, 4) is 22.6 Å². The maximum absolute atomic E-state index is 9.42. The first-order valence-electron chi connectivity index (χ1n) is 12.8. The lowest BCUT2D eigenvalue weighted by atomic mass is 10.1. The van der Waals surface area contributed by atoms with Crippen LogP contribution in [0, 0.1) is 0 Å². The summed E-state index contributed by atoms with van der Waals surface area (Å²) < 4.78 is 11.4. The second kappa shape index (κ2) is 13.4. The number of benzene rings is 3. The number of likely N-dealkylation sites (N-methyl/N-ethyl adjacent to an activating group) is 1. The number of nitrogens with zero attached hydrogens (tertiary/aromatic N) is 3. The second-order valence-electron chi connectivity index (χ2n) is 8.66. The van der Waals surface area contributed by atoms with Gasteiger partial charge in [0.2, 0.25) is 5.95 Å². The molecule has 0 aliphatic carbocycles. The van der Waals surface area contributed by atoms with Crippen molar-refractivity contribution in [3.63, 3.8) is 0 Å². The number of para-hydroxylation sites is 2. The number of aliphatic hydroxyl groups is 1. The summed E-state index contributed by atoms with van der Waals surface area (Å²) >= 11 is 0. The third-order valence-corrected chi connectivity index (χ3v) is 6.28. The van der Waals surface area contributed by atoms with Crippen molar-refractivity contribution < 1.29 is 14.6 Å².